The lowest BCUT2D eigenvalue weighted by molar-refractivity contribution is -0.157. The van der Waals surface area contributed by atoms with Gasteiger partial charge in [0.2, 0.25) is 5.91 Å². The topological polar surface area (TPSA) is 66.8 Å². The van der Waals surface area contributed by atoms with Crippen LogP contribution in [0.1, 0.15) is 24.5 Å². The summed E-state index contributed by atoms with van der Waals surface area (Å²) in [6.07, 6.45) is 0.465. The predicted molar refractivity (Wildman–Crippen MR) is 71.0 cm³/mol. The van der Waals surface area contributed by atoms with Crippen molar-refractivity contribution in [2.45, 2.75) is 18.9 Å². The molecule has 0 radical (unpaired) electrons. The van der Waals surface area contributed by atoms with Gasteiger partial charge in [-0.15, -0.1) is 0 Å². The van der Waals surface area contributed by atoms with Gasteiger partial charge in [-0.05, 0) is 30.5 Å². The van der Waals surface area contributed by atoms with Gasteiger partial charge in [0.25, 0.3) is 0 Å². The number of hydrogen-bond donors (Lipinski definition) is 1. The maximum absolute atomic E-state index is 12.9. The van der Waals surface area contributed by atoms with E-state index in [0.717, 1.165) is 5.56 Å². The molecule has 0 aromatic heterocycles. The van der Waals surface area contributed by atoms with Gasteiger partial charge in [0.1, 0.15) is 17.3 Å². The number of amides is 1. The van der Waals surface area contributed by atoms with Crippen LogP contribution in [0, 0.1) is 11.2 Å². The van der Waals surface area contributed by atoms with Gasteiger partial charge in [0.05, 0.1) is 13.2 Å². The normalized spacial score (nSPS) is 23.7. The molecule has 2 fully saturated rings. The van der Waals surface area contributed by atoms with Gasteiger partial charge in [-0.1, -0.05) is 12.1 Å². The molecule has 1 aliphatic carbocycles. The molecular formula is C15H16FNO4. The van der Waals surface area contributed by atoms with Crippen molar-refractivity contribution in [1.82, 2.24) is 4.90 Å². The molecule has 0 bridgehead atoms. The molecule has 1 saturated carbocycles. The van der Waals surface area contributed by atoms with Crippen LogP contribution in [0.2, 0.25) is 0 Å². The lowest BCUT2D eigenvalue weighted by Gasteiger charge is -2.34. The van der Waals surface area contributed by atoms with Crippen molar-refractivity contribution in [2.24, 2.45) is 5.41 Å². The molecule has 3 rings (SSSR count). The Kier molecular flexibility index (Phi) is 3.41. The van der Waals surface area contributed by atoms with Crippen molar-refractivity contribution in [3.63, 3.8) is 0 Å². The maximum Gasteiger partial charge on any atom is 0.319 e. The van der Waals surface area contributed by atoms with E-state index in [2.05, 4.69) is 0 Å². The second-order valence-electron chi connectivity index (χ2n) is 5.55. The molecule has 21 heavy (non-hydrogen) atoms. The van der Waals surface area contributed by atoms with Crippen LogP contribution in [-0.2, 0) is 14.3 Å². The number of carboxylic acid groups (broad SMARTS) is 1. The van der Waals surface area contributed by atoms with Crippen molar-refractivity contribution in [3.05, 3.63) is 35.6 Å². The summed E-state index contributed by atoms with van der Waals surface area (Å²) in [7, 11) is 0. The fourth-order valence-corrected chi connectivity index (χ4v) is 2.66. The van der Waals surface area contributed by atoms with Gasteiger partial charge in [0.15, 0.2) is 0 Å². The molecule has 6 heteroatoms. The van der Waals surface area contributed by atoms with E-state index in [1.54, 1.807) is 17.0 Å². The van der Waals surface area contributed by atoms with E-state index in [4.69, 9.17) is 4.74 Å². The lowest BCUT2D eigenvalue weighted by atomic mass is 10.0. The first-order valence-electron chi connectivity index (χ1n) is 6.93. The molecule has 1 atom stereocenters. The fourth-order valence-electron chi connectivity index (χ4n) is 2.66. The van der Waals surface area contributed by atoms with Gasteiger partial charge in [0, 0.05) is 6.54 Å². The van der Waals surface area contributed by atoms with Crippen LogP contribution in [0.5, 0.6) is 0 Å². The fraction of sp³-hybridized carbons (Fsp3) is 0.467. The zero-order chi connectivity index (χ0) is 15.0. The highest BCUT2D eigenvalue weighted by Gasteiger charge is 2.58. The van der Waals surface area contributed by atoms with E-state index in [9.17, 15) is 19.1 Å². The van der Waals surface area contributed by atoms with Crippen LogP contribution in [-0.4, -0.2) is 41.6 Å². The number of carbonyl (C=O) groups is 2. The van der Waals surface area contributed by atoms with Crippen LogP contribution < -0.4 is 0 Å². The second kappa shape index (κ2) is 5.11. The molecule has 2 aliphatic rings. The third-order valence-corrected chi connectivity index (χ3v) is 4.16. The molecule has 0 spiro atoms. The average molecular weight is 293 g/mol. The summed E-state index contributed by atoms with van der Waals surface area (Å²) in [5, 5.41) is 9.20. The van der Waals surface area contributed by atoms with Crippen molar-refractivity contribution in [3.8, 4) is 0 Å². The van der Waals surface area contributed by atoms with E-state index >= 15 is 0 Å². The first-order valence-corrected chi connectivity index (χ1v) is 6.93. The number of ether oxygens (including phenoxy) is 1. The van der Waals surface area contributed by atoms with Crippen LogP contribution in [0.4, 0.5) is 4.39 Å². The van der Waals surface area contributed by atoms with Gasteiger partial charge in [-0.3, -0.25) is 9.59 Å². The Morgan fingerprint density at radius 3 is 2.52 bits per heavy atom. The Balaban J connectivity index is 1.73. The van der Waals surface area contributed by atoms with Gasteiger partial charge in [-0.2, -0.15) is 0 Å². The number of aliphatic carboxylic acids is 1. The minimum Gasteiger partial charge on any atom is -0.480 e. The second-order valence-corrected chi connectivity index (χ2v) is 5.55. The minimum atomic E-state index is -1.22. The largest absolute Gasteiger partial charge is 0.480 e. The quantitative estimate of drug-likeness (QED) is 0.859. The van der Waals surface area contributed by atoms with E-state index in [1.165, 1.54) is 12.1 Å². The van der Waals surface area contributed by atoms with Gasteiger partial charge < -0.3 is 14.7 Å². The van der Waals surface area contributed by atoms with E-state index in [-0.39, 0.29) is 17.8 Å². The third-order valence-electron chi connectivity index (χ3n) is 4.16. The molecule has 0 unspecified atom stereocenters. The summed E-state index contributed by atoms with van der Waals surface area (Å²) in [6.45, 7) is 1.05. The SMILES string of the molecule is O=C(O)C1(C(=O)N2CCO[C@@H](c3ccc(F)cc3)C2)CC1. The van der Waals surface area contributed by atoms with Crippen LogP contribution >= 0.6 is 0 Å². The number of rotatable bonds is 3. The van der Waals surface area contributed by atoms with Crippen LogP contribution in [0.15, 0.2) is 24.3 Å². The number of hydrogen-bond acceptors (Lipinski definition) is 3. The summed E-state index contributed by atoms with van der Waals surface area (Å²) in [4.78, 5) is 25.2. The zero-order valence-electron chi connectivity index (χ0n) is 11.4. The molecule has 1 aromatic carbocycles. The molecule has 1 heterocycles. The molecular weight excluding hydrogens is 277 g/mol. The van der Waals surface area contributed by atoms with Gasteiger partial charge in [-0.25, -0.2) is 4.39 Å². The lowest BCUT2D eigenvalue weighted by Crippen LogP contribution is -2.47. The third kappa shape index (κ3) is 2.51. The maximum atomic E-state index is 12.9. The number of carboxylic acids is 1. The number of morpholine rings is 1. The highest BCUT2D eigenvalue weighted by Crippen LogP contribution is 2.48. The van der Waals surface area contributed by atoms with Crippen molar-refractivity contribution in [1.29, 1.82) is 0 Å². The van der Waals surface area contributed by atoms with Crippen molar-refractivity contribution in [2.75, 3.05) is 19.7 Å². The standard InChI is InChI=1S/C15H16FNO4/c16-11-3-1-10(2-4-11)12-9-17(7-8-21-12)13(18)15(5-6-15)14(19)20/h1-4,12H,5-9H2,(H,19,20)/t12-/m1/s1. The summed E-state index contributed by atoms with van der Waals surface area (Å²) in [5.74, 6) is -1.70. The Labute approximate surface area is 121 Å². The average Bonchev–Trinajstić information content (AvgIpc) is 3.29. The molecule has 1 N–H and O–H groups in total. The summed E-state index contributed by atoms with van der Waals surface area (Å²) >= 11 is 0. The monoisotopic (exact) mass is 293 g/mol. The molecule has 1 aromatic rings. The number of halogens is 1. The summed E-state index contributed by atoms with van der Waals surface area (Å²) < 4.78 is 18.6. The highest BCUT2D eigenvalue weighted by molar-refractivity contribution is 6.04. The van der Waals surface area contributed by atoms with E-state index in [1.807, 2.05) is 0 Å². The molecule has 1 aliphatic heterocycles. The minimum absolute atomic E-state index is 0.305. The molecule has 5 nitrogen and oxygen atoms in total. The van der Waals surface area contributed by atoms with E-state index < -0.39 is 11.4 Å². The first-order chi connectivity index (χ1) is 10.0. The smallest absolute Gasteiger partial charge is 0.319 e. The zero-order valence-corrected chi connectivity index (χ0v) is 11.4. The number of carbonyl (C=O) groups excluding carboxylic acids is 1. The molecule has 1 amide bonds. The van der Waals surface area contributed by atoms with Gasteiger partial charge >= 0.3 is 5.97 Å². The summed E-state index contributed by atoms with van der Waals surface area (Å²) in [6, 6.07) is 5.94. The summed E-state index contributed by atoms with van der Waals surface area (Å²) in [5.41, 5.74) is -0.431. The van der Waals surface area contributed by atoms with Crippen molar-refractivity contribution < 1.29 is 23.8 Å². The first kappa shape index (κ1) is 14.0. The predicted octanol–water partition coefficient (Wildman–Crippen LogP) is 1.59. The number of nitrogens with zero attached hydrogens (tertiary/aromatic N) is 1. The Morgan fingerprint density at radius 1 is 1.29 bits per heavy atom. The Bertz CT molecular complexity index is 568. The van der Waals surface area contributed by atoms with Crippen LogP contribution in [0.25, 0.3) is 0 Å². The highest BCUT2D eigenvalue weighted by atomic mass is 19.1. The molecule has 112 valence electrons. The Hall–Kier alpha value is -1.95. The van der Waals surface area contributed by atoms with Crippen LogP contribution in [0.3, 0.4) is 0 Å². The number of benzene rings is 1. The van der Waals surface area contributed by atoms with Crippen molar-refractivity contribution >= 4 is 11.9 Å². The molecule has 1 saturated heterocycles. The van der Waals surface area contributed by atoms with E-state index in [0.29, 0.717) is 32.5 Å². The Morgan fingerprint density at radius 2 is 1.95 bits per heavy atom.